The van der Waals surface area contributed by atoms with Crippen LogP contribution in [0.5, 0.6) is 0 Å². The van der Waals surface area contributed by atoms with Crippen LogP contribution in [0.4, 0.5) is 10.1 Å². The van der Waals surface area contributed by atoms with Crippen LogP contribution in [0.3, 0.4) is 0 Å². The number of nitrogens with one attached hydrogen (secondary N) is 1. The van der Waals surface area contributed by atoms with Gasteiger partial charge in [0.2, 0.25) is 0 Å². The van der Waals surface area contributed by atoms with Crippen molar-refractivity contribution in [3.05, 3.63) is 23.5 Å². The van der Waals surface area contributed by atoms with E-state index in [0.29, 0.717) is 5.56 Å². The molecule has 1 N–H and O–H groups in total. The van der Waals surface area contributed by atoms with Crippen LogP contribution in [0.15, 0.2) is 12.1 Å². The fourth-order valence-corrected chi connectivity index (χ4v) is 3.32. The lowest BCUT2D eigenvalue weighted by Gasteiger charge is -2.32. The second kappa shape index (κ2) is 6.53. The first kappa shape index (κ1) is 20.2. The van der Waals surface area contributed by atoms with Gasteiger partial charge in [0.1, 0.15) is 5.82 Å². The van der Waals surface area contributed by atoms with E-state index >= 15 is 4.39 Å². The third-order valence-electron chi connectivity index (χ3n) is 4.85. The van der Waals surface area contributed by atoms with Crippen molar-refractivity contribution in [2.75, 3.05) is 18.3 Å². The molecule has 0 aromatic heterocycles. The van der Waals surface area contributed by atoms with E-state index < -0.39 is 34.3 Å². The van der Waals surface area contributed by atoms with Gasteiger partial charge in [-0.25, -0.2) is 4.39 Å². The summed E-state index contributed by atoms with van der Waals surface area (Å²) in [5, 5.41) is 0. The highest BCUT2D eigenvalue weighted by Crippen LogP contribution is 2.37. The van der Waals surface area contributed by atoms with Crippen molar-refractivity contribution in [3.63, 3.8) is 0 Å². The van der Waals surface area contributed by atoms with Gasteiger partial charge in [0.25, 0.3) is 0 Å². The molecule has 0 atom stereocenters. The van der Waals surface area contributed by atoms with Gasteiger partial charge in [-0.15, -0.1) is 0 Å². The van der Waals surface area contributed by atoms with Crippen molar-refractivity contribution < 1.29 is 22.1 Å². The number of anilines is 1. The zero-order valence-corrected chi connectivity index (χ0v) is 16.6. The van der Waals surface area contributed by atoms with Crippen LogP contribution in [-0.2, 0) is 19.5 Å². The molecule has 0 spiro atoms. The van der Waals surface area contributed by atoms with E-state index in [1.54, 1.807) is 19.9 Å². The summed E-state index contributed by atoms with van der Waals surface area (Å²) in [4.78, 5) is 0. The first-order chi connectivity index (χ1) is 11.3. The highest BCUT2D eigenvalue weighted by atomic mass is 32.2. The number of halogens is 1. The van der Waals surface area contributed by atoms with Gasteiger partial charge in [0, 0.05) is 19.1 Å². The summed E-state index contributed by atoms with van der Waals surface area (Å²) in [6, 6.07) is 3.06. The predicted molar refractivity (Wildman–Crippen MR) is 97.7 cm³/mol. The van der Waals surface area contributed by atoms with E-state index in [1.807, 2.05) is 27.7 Å². The molecular formula is C16H26BFN2O4S. The minimum absolute atomic E-state index is 0.120. The molecule has 140 valence electrons. The molecule has 1 aliphatic heterocycles. The van der Waals surface area contributed by atoms with Crippen LogP contribution in [-0.4, -0.2) is 44.6 Å². The minimum Gasteiger partial charge on any atom is -0.399 e. The van der Waals surface area contributed by atoms with Crippen LogP contribution in [0.2, 0.25) is 0 Å². The quantitative estimate of drug-likeness (QED) is 0.804. The maximum Gasteiger partial charge on any atom is 0.497 e. The molecule has 0 saturated carbocycles. The lowest BCUT2D eigenvalue weighted by molar-refractivity contribution is 0.00578. The number of rotatable bonds is 5. The fraction of sp³-hybridized carbons (Fsp3) is 0.625. The Hall–Kier alpha value is -1.16. The van der Waals surface area contributed by atoms with Gasteiger partial charge >= 0.3 is 17.3 Å². The lowest BCUT2D eigenvalue weighted by Crippen LogP contribution is -2.41. The Morgan fingerprint density at radius 1 is 1.20 bits per heavy atom. The van der Waals surface area contributed by atoms with E-state index in [1.165, 1.54) is 13.1 Å². The monoisotopic (exact) mass is 372 g/mol. The Kier molecular flexibility index (Phi) is 5.27. The van der Waals surface area contributed by atoms with Crippen LogP contribution in [0.25, 0.3) is 0 Å². The molecule has 0 radical (unpaired) electrons. The Morgan fingerprint density at radius 3 is 2.20 bits per heavy atom. The van der Waals surface area contributed by atoms with Gasteiger partial charge in [-0.3, -0.25) is 4.72 Å². The van der Waals surface area contributed by atoms with E-state index in [4.69, 9.17) is 9.31 Å². The van der Waals surface area contributed by atoms with Gasteiger partial charge in [-0.2, -0.15) is 12.7 Å². The van der Waals surface area contributed by atoms with Crippen molar-refractivity contribution in [1.29, 1.82) is 0 Å². The van der Waals surface area contributed by atoms with Crippen molar-refractivity contribution in [2.24, 2.45) is 0 Å². The van der Waals surface area contributed by atoms with Crippen LogP contribution in [0.1, 0.15) is 40.2 Å². The first-order valence-electron chi connectivity index (χ1n) is 8.20. The first-order valence-corrected chi connectivity index (χ1v) is 9.64. The molecule has 0 unspecified atom stereocenters. The van der Waals surface area contributed by atoms with Crippen LogP contribution in [0, 0.1) is 12.7 Å². The molecule has 0 amide bonds. The molecule has 1 aliphatic rings. The summed E-state index contributed by atoms with van der Waals surface area (Å²) in [5.41, 5.74) is -0.477. The molecule has 2 rings (SSSR count). The third-order valence-corrected chi connectivity index (χ3v) is 6.40. The number of hydrogen-bond donors (Lipinski definition) is 1. The van der Waals surface area contributed by atoms with E-state index in [9.17, 15) is 8.42 Å². The summed E-state index contributed by atoms with van der Waals surface area (Å²) in [5.74, 6) is -0.697. The summed E-state index contributed by atoms with van der Waals surface area (Å²) >= 11 is 0. The summed E-state index contributed by atoms with van der Waals surface area (Å²) in [7, 11) is -3.31. The molecule has 9 heteroatoms. The number of hydrogen-bond acceptors (Lipinski definition) is 4. The number of aryl methyl sites for hydroxylation is 1. The fourth-order valence-electron chi connectivity index (χ4n) is 2.40. The summed E-state index contributed by atoms with van der Waals surface area (Å²) in [6.45, 7) is 11.2. The lowest BCUT2D eigenvalue weighted by atomic mass is 9.77. The molecule has 1 aromatic carbocycles. The Balaban J connectivity index is 2.42. The predicted octanol–water partition coefficient (Wildman–Crippen LogP) is 2.04. The van der Waals surface area contributed by atoms with E-state index in [-0.39, 0.29) is 17.7 Å². The van der Waals surface area contributed by atoms with Gasteiger partial charge in [0.15, 0.2) is 0 Å². The molecule has 6 nitrogen and oxygen atoms in total. The summed E-state index contributed by atoms with van der Waals surface area (Å²) in [6.07, 6.45) is 0. The van der Waals surface area contributed by atoms with Gasteiger partial charge in [-0.05, 0) is 46.2 Å². The average Bonchev–Trinajstić information content (AvgIpc) is 2.69. The van der Waals surface area contributed by atoms with Gasteiger partial charge < -0.3 is 9.31 Å². The van der Waals surface area contributed by atoms with Gasteiger partial charge in [-0.1, -0.05) is 13.0 Å². The zero-order chi connectivity index (χ0) is 19.2. The van der Waals surface area contributed by atoms with E-state index in [2.05, 4.69) is 4.72 Å². The molecule has 1 fully saturated rings. The topological polar surface area (TPSA) is 67.9 Å². The summed E-state index contributed by atoms with van der Waals surface area (Å²) < 4.78 is 54.6. The maximum absolute atomic E-state index is 15.0. The van der Waals surface area contributed by atoms with E-state index in [0.717, 1.165) is 4.31 Å². The highest BCUT2D eigenvalue weighted by Gasteiger charge is 2.52. The second-order valence-corrected chi connectivity index (χ2v) is 9.10. The molecule has 1 saturated heterocycles. The Bertz CT molecular complexity index is 752. The van der Waals surface area contributed by atoms with Crippen molar-refractivity contribution in [3.8, 4) is 0 Å². The number of nitrogens with zero attached hydrogens (tertiary/aromatic N) is 1. The SMILES string of the molecule is CCN(C)S(=O)(=O)Nc1cc(C)cc(B2OC(C)(C)C(C)(C)O2)c1F. The maximum atomic E-state index is 15.0. The second-order valence-electron chi connectivity index (χ2n) is 7.33. The smallest absolute Gasteiger partial charge is 0.399 e. The third kappa shape index (κ3) is 3.84. The van der Waals surface area contributed by atoms with Crippen molar-refractivity contribution >= 4 is 28.5 Å². The van der Waals surface area contributed by atoms with Crippen LogP contribution < -0.4 is 10.2 Å². The zero-order valence-electron chi connectivity index (χ0n) is 15.8. The molecular weight excluding hydrogens is 346 g/mol. The van der Waals surface area contributed by atoms with Crippen LogP contribution >= 0.6 is 0 Å². The van der Waals surface area contributed by atoms with Crippen molar-refractivity contribution in [1.82, 2.24) is 4.31 Å². The standard InChI is InChI=1S/C16H26BFN2O4S/c1-8-20(7)25(21,22)19-13-10-11(2)9-12(14(13)18)17-23-15(3,4)16(5,6)24-17/h9-10,19H,8H2,1-7H3. The van der Waals surface area contributed by atoms with Gasteiger partial charge in [0.05, 0.1) is 16.9 Å². The molecule has 25 heavy (non-hydrogen) atoms. The number of benzene rings is 1. The minimum atomic E-state index is -3.83. The Labute approximate surface area is 150 Å². The normalized spacial score (nSPS) is 19.5. The van der Waals surface area contributed by atoms with Crippen molar-refractivity contribution in [2.45, 2.75) is 52.7 Å². The molecule has 0 bridgehead atoms. The molecule has 0 aliphatic carbocycles. The molecule has 1 heterocycles. The highest BCUT2D eigenvalue weighted by molar-refractivity contribution is 7.90. The average molecular weight is 372 g/mol. The Morgan fingerprint density at radius 2 is 1.72 bits per heavy atom. The molecule has 1 aromatic rings. The largest absolute Gasteiger partial charge is 0.497 e.